The Morgan fingerprint density at radius 2 is 2.08 bits per heavy atom. The standard InChI is InChI=1S/C20H30N2O3/c1-4-9-24-18-7-5-15(6-8-18)20(23)21-16-10-17-13-25-19(14(2)3)12-22(17)11-16/h5-8,14,16-17,19H,4,9-13H2,1-3H3,(H,21,23)/t16-,17-,19-/m0/s1. The lowest BCUT2D eigenvalue weighted by atomic mass is 10.0. The molecule has 1 aromatic carbocycles. The summed E-state index contributed by atoms with van der Waals surface area (Å²) < 4.78 is 11.5. The summed E-state index contributed by atoms with van der Waals surface area (Å²) in [6.07, 6.45) is 2.25. The minimum atomic E-state index is -0.00628. The summed E-state index contributed by atoms with van der Waals surface area (Å²) in [6.45, 7) is 9.84. The molecular weight excluding hydrogens is 316 g/mol. The number of rotatable bonds is 6. The molecule has 0 unspecified atom stereocenters. The van der Waals surface area contributed by atoms with Gasteiger partial charge in [-0.2, -0.15) is 0 Å². The van der Waals surface area contributed by atoms with Crippen LogP contribution in [0.4, 0.5) is 0 Å². The number of fused-ring (bicyclic) bond motifs is 1. The van der Waals surface area contributed by atoms with Crippen LogP contribution in [-0.4, -0.2) is 55.3 Å². The smallest absolute Gasteiger partial charge is 0.251 e. The number of nitrogens with one attached hydrogen (secondary N) is 1. The number of nitrogens with zero attached hydrogens (tertiary/aromatic N) is 1. The van der Waals surface area contributed by atoms with Crippen molar-refractivity contribution in [2.45, 2.75) is 51.8 Å². The van der Waals surface area contributed by atoms with Gasteiger partial charge in [0.2, 0.25) is 0 Å². The second-order valence-electron chi connectivity index (χ2n) is 7.50. The number of amides is 1. The number of ether oxygens (including phenoxy) is 2. The fraction of sp³-hybridized carbons (Fsp3) is 0.650. The zero-order valence-electron chi connectivity index (χ0n) is 15.5. The molecule has 5 nitrogen and oxygen atoms in total. The molecule has 2 aliphatic heterocycles. The van der Waals surface area contributed by atoms with E-state index in [2.05, 4.69) is 31.0 Å². The van der Waals surface area contributed by atoms with Gasteiger partial charge in [0.1, 0.15) is 5.75 Å². The third kappa shape index (κ3) is 4.53. The Kier molecular flexibility index (Phi) is 5.97. The minimum absolute atomic E-state index is 0.00628. The molecule has 0 bridgehead atoms. The van der Waals surface area contributed by atoms with Crippen LogP contribution in [0, 0.1) is 5.92 Å². The fourth-order valence-corrected chi connectivity index (χ4v) is 3.60. The first-order chi connectivity index (χ1) is 12.1. The summed E-state index contributed by atoms with van der Waals surface area (Å²) in [6, 6.07) is 8.03. The summed E-state index contributed by atoms with van der Waals surface area (Å²) in [7, 11) is 0. The molecule has 2 saturated heterocycles. The van der Waals surface area contributed by atoms with E-state index in [0.717, 1.165) is 38.3 Å². The first-order valence-corrected chi connectivity index (χ1v) is 9.46. The van der Waals surface area contributed by atoms with Gasteiger partial charge in [0.05, 0.1) is 19.3 Å². The molecule has 0 spiro atoms. The van der Waals surface area contributed by atoms with Crippen LogP contribution < -0.4 is 10.1 Å². The molecule has 2 heterocycles. The second kappa shape index (κ2) is 8.19. The Bertz CT molecular complexity index is 573. The van der Waals surface area contributed by atoms with Crippen molar-refractivity contribution in [3.63, 3.8) is 0 Å². The third-order valence-electron chi connectivity index (χ3n) is 5.11. The Balaban J connectivity index is 1.52. The predicted molar refractivity (Wildman–Crippen MR) is 98.0 cm³/mol. The third-order valence-corrected chi connectivity index (χ3v) is 5.11. The van der Waals surface area contributed by atoms with Gasteiger partial charge in [-0.15, -0.1) is 0 Å². The van der Waals surface area contributed by atoms with Gasteiger partial charge < -0.3 is 14.8 Å². The summed E-state index contributed by atoms with van der Waals surface area (Å²) in [4.78, 5) is 15.0. The monoisotopic (exact) mass is 346 g/mol. The van der Waals surface area contributed by atoms with Gasteiger partial charge in [-0.3, -0.25) is 9.69 Å². The Morgan fingerprint density at radius 1 is 1.32 bits per heavy atom. The molecule has 3 rings (SSSR count). The fourth-order valence-electron chi connectivity index (χ4n) is 3.60. The number of hydrogen-bond donors (Lipinski definition) is 1. The van der Waals surface area contributed by atoms with Crippen molar-refractivity contribution in [3.05, 3.63) is 29.8 Å². The second-order valence-corrected chi connectivity index (χ2v) is 7.50. The van der Waals surface area contributed by atoms with E-state index in [0.29, 0.717) is 30.2 Å². The number of carbonyl (C=O) groups is 1. The molecule has 0 radical (unpaired) electrons. The summed E-state index contributed by atoms with van der Waals surface area (Å²) in [5.74, 6) is 1.34. The highest BCUT2D eigenvalue weighted by molar-refractivity contribution is 5.94. The molecule has 2 aliphatic rings. The molecule has 2 fully saturated rings. The Hall–Kier alpha value is -1.59. The first kappa shape index (κ1) is 18.2. The maximum Gasteiger partial charge on any atom is 0.251 e. The highest BCUT2D eigenvalue weighted by Crippen LogP contribution is 2.26. The van der Waals surface area contributed by atoms with Gasteiger partial charge in [-0.1, -0.05) is 20.8 Å². The molecule has 138 valence electrons. The lowest BCUT2D eigenvalue weighted by Crippen LogP contribution is -2.48. The van der Waals surface area contributed by atoms with Crippen LogP contribution in [0.1, 0.15) is 44.0 Å². The van der Waals surface area contributed by atoms with Crippen LogP contribution in [0.3, 0.4) is 0 Å². The van der Waals surface area contributed by atoms with Gasteiger partial charge in [-0.25, -0.2) is 0 Å². The molecular formula is C20H30N2O3. The van der Waals surface area contributed by atoms with Crippen LogP contribution in [-0.2, 0) is 4.74 Å². The van der Waals surface area contributed by atoms with Crippen LogP contribution in [0.5, 0.6) is 5.75 Å². The first-order valence-electron chi connectivity index (χ1n) is 9.46. The highest BCUT2D eigenvalue weighted by atomic mass is 16.5. The molecule has 1 aromatic rings. The average Bonchev–Trinajstić information content (AvgIpc) is 3.01. The normalized spacial score (nSPS) is 26.5. The largest absolute Gasteiger partial charge is 0.494 e. The van der Waals surface area contributed by atoms with E-state index < -0.39 is 0 Å². The van der Waals surface area contributed by atoms with Crippen molar-refractivity contribution in [1.29, 1.82) is 0 Å². The van der Waals surface area contributed by atoms with Crippen molar-refractivity contribution in [2.75, 3.05) is 26.3 Å². The SMILES string of the molecule is CCCOc1ccc(C(=O)N[C@H]2C[C@H]3CO[C@H](C(C)C)CN3C2)cc1. The van der Waals surface area contributed by atoms with Crippen molar-refractivity contribution >= 4 is 5.91 Å². The number of morpholine rings is 1. The summed E-state index contributed by atoms with van der Waals surface area (Å²) >= 11 is 0. The van der Waals surface area contributed by atoms with E-state index >= 15 is 0 Å². The lowest BCUT2D eigenvalue weighted by molar-refractivity contribution is -0.0683. The van der Waals surface area contributed by atoms with E-state index in [1.54, 1.807) is 0 Å². The Morgan fingerprint density at radius 3 is 2.76 bits per heavy atom. The minimum Gasteiger partial charge on any atom is -0.494 e. The molecule has 0 aromatic heterocycles. The average molecular weight is 346 g/mol. The van der Waals surface area contributed by atoms with Crippen molar-refractivity contribution in [1.82, 2.24) is 10.2 Å². The van der Waals surface area contributed by atoms with Gasteiger partial charge in [-0.05, 0) is 43.0 Å². The molecule has 5 heteroatoms. The molecule has 1 amide bonds. The number of hydrogen-bond acceptors (Lipinski definition) is 4. The van der Waals surface area contributed by atoms with Gasteiger partial charge in [0.15, 0.2) is 0 Å². The predicted octanol–water partition coefficient (Wildman–Crippen LogP) is 2.70. The van der Waals surface area contributed by atoms with E-state index in [1.807, 2.05) is 24.3 Å². The van der Waals surface area contributed by atoms with Crippen LogP contribution in [0.25, 0.3) is 0 Å². The van der Waals surface area contributed by atoms with E-state index in [9.17, 15) is 4.79 Å². The van der Waals surface area contributed by atoms with Crippen LogP contribution in [0.15, 0.2) is 24.3 Å². The maximum atomic E-state index is 12.5. The molecule has 3 atom stereocenters. The van der Waals surface area contributed by atoms with Crippen LogP contribution in [0.2, 0.25) is 0 Å². The zero-order chi connectivity index (χ0) is 17.8. The number of benzene rings is 1. The van der Waals surface area contributed by atoms with Gasteiger partial charge in [0, 0.05) is 30.7 Å². The van der Waals surface area contributed by atoms with E-state index in [4.69, 9.17) is 9.47 Å². The number of carbonyl (C=O) groups excluding carboxylic acids is 1. The van der Waals surface area contributed by atoms with E-state index in [-0.39, 0.29) is 11.9 Å². The van der Waals surface area contributed by atoms with Crippen LogP contribution >= 0.6 is 0 Å². The quantitative estimate of drug-likeness (QED) is 0.860. The summed E-state index contributed by atoms with van der Waals surface area (Å²) in [5, 5.41) is 3.18. The lowest BCUT2D eigenvalue weighted by Gasteiger charge is -2.36. The zero-order valence-corrected chi connectivity index (χ0v) is 15.5. The topological polar surface area (TPSA) is 50.8 Å². The molecule has 25 heavy (non-hydrogen) atoms. The van der Waals surface area contributed by atoms with Gasteiger partial charge in [0.25, 0.3) is 5.91 Å². The highest BCUT2D eigenvalue weighted by Gasteiger charge is 2.38. The molecule has 0 aliphatic carbocycles. The molecule has 1 N–H and O–H groups in total. The maximum absolute atomic E-state index is 12.5. The van der Waals surface area contributed by atoms with Crippen molar-refractivity contribution in [2.24, 2.45) is 5.92 Å². The van der Waals surface area contributed by atoms with Gasteiger partial charge >= 0.3 is 0 Å². The Labute approximate surface area is 150 Å². The molecule has 0 saturated carbocycles. The van der Waals surface area contributed by atoms with Crippen molar-refractivity contribution < 1.29 is 14.3 Å². The summed E-state index contributed by atoms with van der Waals surface area (Å²) in [5.41, 5.74) is 0.685. The van der Waals surface area contributed by atoms with E-state index in [1.165, 1.54) is 0 Å². The van der Waals surface area contributed by atoms with Crippen molar-refractivity contribution in [3.8, 4) is 5.75 Å².